The molecule has 5 nitrogen and oxygen atoms in total. The van der Waals surface area contributed by atoms with Crippen molar-refractivity contribution in [2.24, 2.45) is 0 Å². The molecule has 1 amide bonds. The van der Waals surface area contributed by atoms with E-state index in [9.17, 15) is 14.0 Å². The molecule has 1 aromatic heterocycles. The predicted molar refractivity (Wildman–Crippen MR) is 115 cm³/mol. The number of benzene rings is 2. The van der Waals surface area contributed by atoms with Crippen molar-refractivity contribution in [3.63, 3.8) is 0 Å². The number of carbonyl (C=O) groups is 2. The number of rotatable bonds is 6. The van der Waals surface area contributed by atoms with Gasteiger partial charge >= 0.3 is 5.97 Å². The summed E-state index contributed by atoms with van der Waals surface area (Å²) in [5, 5.41) is 2.64. The molecule has 2 aromatic carbocycles. The Hall–Kier alpha value is -3.12. The molecule has 0 saturated carbocycles. The second-order valence-corrected chi connectivity index (χ2v) is 7.22. The van der Waals surface area contributed by atoms with Gasteiger partial charge in [-0.1, -0.05) is 41.9 Å². The molecule has 1 N–H and O–H groups in total. The molecule has 3 rings (SSSR count). The second-order valence-electron chi connectivity index (χ2n) is 6.81. The first kappa shape index (κ1) is 21.6. The van der Waals surface area contributed by atoms with Crippen molar-refractivity contribution >= 4 is 29.2 Å². The van der Waals surface area contributed by atoms with Crippen molar-refractivity contribution in [3.8, 4) is 0 Å². The van der Waals surface area contributed by atoms with Crippen LogP contribution in [0.2, 0.25) is 5.02 Å². The Kier molecular flexibility index (Phi) is 6.57. The van der Waals surface area contributed by atoms with E-state index in [-0.39, 0.29) is 11.6 Å². The summed E-state index contributed by atoms with van der Waals surface area (Å²) >= 11 is 5.81. The number of aromatic nitrogens is 1. The van der Waals surface area contributed by atoms with Gasteiger partial charge in [-0.25, -0.2) is 9.18 Å². The highest BCUT2D eigenvalue weighted by molar-refractivity contribution is 6.31. The van der Waals surface area contributed by atoms with Crippen molar-refractivity contribution in [2.75, 3.05) is 11.9 Å². The normalized spacial score (nSPS) is 10.7. The fourth-order valence-corrected chi connectivity index (χ4v) is 3.60. The van der Waals surface area contributed by atoms with Gasteiger partial charge in [0.05, 0.1) is 17.2 Å². The van der Waals surface area contributed by atoms with E-state index in [1.54, 1.807) is 25.3 Å². The highest BCUT2D eigenvalue weighted by Gasteiger charge is 2.27. The van der Waals surface area contributed by atoms with Crippen molar-refractivity contribution in [3.05, 3.63) is 87.4 Å². The minimum absolute atomic E-state index is 0.0879. The van der Waals surface area contributed by atoms with Gasteiger partial charge in [0, 0.05) is 17.9 Å². The molecule has 0 atom stereocenters. The van der Waals surface area contributed by atoms with E-state index in [1.807, 2.05) is 30.3 Å². The van der Waals surface area contributed by atoms with E-state index in [4.69, 9.17) is 16.3 Å². The SMILES string of the molecule is CCOC(=O)c1c(C)c(C(=O)Nc2ccc(F)c(Cl)c2)c(C)n1Cc1ccccc1. The Bertz CT molecular complexity index is 1090. The zero-order valence-corrected chi connectivity index (χ0v) is 17.7. The van der Waals surface area contributed by atoms with E-state index in [0.29, 0.717) is 34.7 Å². The number of carbonyl (C=O) groups excluding carboxylic acids is 2. The second kappa shape index (κ2) is 9.13. The van der Waals surface area contributed by atoms with Gasteiger partial charge in [0.15, 0.2) is 0 Å². The molecule has 0 saturated heterocycles. The average molecular weight is 429 g/mol. The highest BCUT2D eigenvalue weighted by Crippen LogP contribution is 2.26. The lowest BCUT2D eigenvalue weighted by atomic mass is 10.1. The Labute approximate surface area is 179 Å². The standard InChI is InChI=1S/C23H22ClFN2O3/c1-4-30-23(29)21-14(2)20(15(3)27(21)13-16-8-6-5-7-9-16)22(28)26-17-10-11-19(25)18(24)12-17/h5-12H,4,13H2,1-3H3,(H,26,28). The van der Waals surface area contributed by atoms with Gasteiger partial charge < -0.3 is 14.6 Å². The summed E-state index contributed by atoms with van der Waals surface area (Å²) in [6, 6.07) is 13.6. The number of ether oxygens (including phenoxy) is 1. The minimum Gasteiger partial charge on any atom is -0.461 e. The lowest BCUT2D eigenvalue weighted by Crippen LogP contribution is -2.15. The lowest BCUT2D eigenvalue weighted by Gasteiger charge is -2.12. The summed E-state index contributed by atoms with van der Waals surface area (Å²) < 4.78 is 20.4. The summed E-state index contributed by atoms with van der Waals surface area (Å²) in [4.78, 5) is 25.7. The first-order valence-corrected chi connectivity index (χ1v) is 9.88. The molecule has 1 heterocycles. The van der Waals surface area contributed by atoms with Crippen molar-refractivity contribution in [1.82, 2.24) is 4.57 Å². The Morgan fingerprint density at radius 1 is 1.13 bits per heavy atom. The maximum atomic E-state index is 13.4. The monoisotopic (exact) mass is 428 g/mol. The molecule has 0 radical (unpaired) electrons. The Balaban J connectivity index is 2.03. The fourth-order valence-electron chi connectivity index (χ4n) is 3.42. The number of nitrogens with zero attached hydrogens (tertiary/aromatic N) is 1. The third kappa shape index (κ3) is 4.39. The molecule has 0 bridgehead atoms. The van der Waals surface area contributed by atoms with Crippen LogP contribution >= 0.6 is 11.6 Å². The van der Waals surface area contributed by atoms with E-state index < -0.39 is 17.7 Å². The van der Waals surface area contributed by atoms with Crippen LogP contribution in [0.5, 0.6) is 0 Å². The van der Waals surface area contributed by atoms with Gasteiger partial charge in [-0.05, 0) is 50.1 Å². The van der Waals surface area contributed by atoms with Gasteiger partial charge in [0.1, 0.15) is 11.5 Å². The predicted octanol–water partition coefficient (Wildman–Crippen LogP) is 5.37. The number of amides is 1. The van der Waals surface area contributed by atoms with Crippen LogP contribution in [-0.2, 0) is 11.3 Å². The molecule has 7 heteroatoms. The quantitative estimate of drug-likeness (QED) is 0.536. The molecule has 156 valence electrons. The molecular weight excluding hydrogens is 407 g/mol. The topological polar surface area (TPSA) is 60.3 Å². The number of nitrogens with one attached hydrogen (secondary N) is 1. The maximum absolute atomic E-state index is 13.4. The van der Waals surface area contributed by atoms with Crippen LogP contribution in [0, 0.1) is 19.7 Å². The van der Waals surface area contributed by atoms with Gasteiger partial charge in [0.25, 0.3) is 5.91 Å². The third-order valence-electron chi connectivity index (χ3n) is 4.82. The molecule has 0 fully saturated rings. The summed E-state index contributed by atoms with van der Waals surface area (Å²) in [7, 11) is 0. The Morgan fingerprint density at radius 2 is 1.83 bits per heavy atom. The van der Waals surface area contributed by atoms with Crippen molar-refractivity contribution in [1.29, 1.82) is 0 Å². The smallest absolute Gasteiger partial charge is 0.355 e. The van der Waals surface area contributed by atoms with E-state index in [1.165, 1.54) is 18.2 Å². The molecule has 0 unspecified atom stereocenters. The van der Waals surface area contributed by atoms with Crippen molar-refractivity contribution < 1.29 is 18.7 Å². The molecule has 0 aliphatic heterocycles. The number of esters is 1. The summed E-state index contributed by atoms with van der Waals surface area (Å²) in [6.07, 6.45) is 0. The van der Waals surface area contributed by atoms with Crippen LogP contribution in [0.15, 0.2) is 48.5 Å². The largest absolute Gasteiger partial charge is 0.461 e. The van der Waals surface area contributed by atoms with Gasteiger partial charge in [-0.2, -0.15) is 0 Å². The molecule has 0 aliphatic rings. The van der Waals surface area contributed by atoms with E-state index in [0.717, 1.165) is 5.56 Å². The number of halogens is 2. The average Bonchev–Trinajstić information content (AvgIpc) is 2.95. The molecule has 30 heavy (non-hydrogen) atoms. The van der Waals surface area contributed by atoms with Crippen LogP contribution in [0.25, 0.3) is 0 Å². The highest BCUT2D eigenvalue weighted by atomic mass is 35.5. The molecule has 0 aliphatic carbocycles. The van der Waals surface area contributed by atoms with Crippen LogP contribution < -0.4 is 5.32 Å². The summed E-state index contributed by atoms with van der Waals surface area (Å²) in [5.74, 6) is -1.47. The molecular formula is C23H22ClFN2O3. The Morgan fingerprint density at radius 3 is 2.47 bits per heavy atom. The van der Waals surface area contributed by atoms with Crippen LogP contribution in [0.1, 0.15) is 44.6 Å². The van der Waals surface area contributed by atoms with Crippen LogP contribution in [0.3, 0.4) is 0 Å². The number of hydrogen-bond acceptors (Lipinski definition) is 3. The van der Waals surface area contributed by atoms with Crippen LogP contribution in [-0.4, -0.2) is 23.1 Å². The molecule has 0 spiro atoms. The zero-order valence-electron chi connectivity index (χ0n) is 17.0. The molecule has 3 aromatic rings. The first-order valence-electron chi connectivity index (χ1n) is 9.50. The third-order valence-corrected chi connectivity index (χ3v) is 5.11. The van der Waals surface area contributed by atoms with Gasteiger partial charge in [-0.15, -0.1) is 0 Å². The fraction of sp³-hybridized carbons (Fsp3) is 0.217. The number of hydrogen-bond donors (Lipinski definition) is 1. The van der Waals surface area contributed by atoms with Crippen LogP contribution in [0.4, 0.5) is 10.1 Å². The van der Waals surface area contributed by atoms with Crippen molar-refractivity contribution in [2.45, 2.75) is 27.3 Å². The summed E-state index contributed by atoms with van der Waals surface area (Å²) in [5.41, 5.74) is 3.20. The van der Waals surface area contributed by atoms with E-state index in [2.05, 4.69) is 5.32 Å². The minimum atomic E-state index is -0.569. The maximum Gasteiger partial charge on any atom is 0.355 e. The van der Waals surface area contributed by atoms with E-state index >= 15 is 0 Å². The lowest BCUT2D eigenvalue weighted by molar-refractivity contribution is 0.0513. The first-order chi connectivity index (χ1) is 14.3. The number of anilines is 1. The zero-order chi connectivity index (χ0) is 21.8. The van der Waals surface area contributed by atoms with Gasteiger partial charge in [-0.3, -0.25) is 4.79 Å². The van der Waals surface area contributed by atoms with Gasteiger partial charge in [0.2, 0.25) is 0 Å². The summed E-state index contributed by atoms with van der Waals surface area (Å²) in [6.45, 7) is 5.87.